The van der Waals surface area contributed by atoms with Crippen LogP contribution < -0.4 is 0 Å². The molecule has 2 rings (SSSR count). The monoisotopic (exact) mass is 293 g/mol. The first-order chi connectivity index (χ1) is 9.56. The van der Waals surface area contributed by atoms with Gasteiger partial charge in [0.05, 0.1) is 15.5 Å². The van der Waals surface area contributed by atoms with Crippen molar-refractivity contribution in [3.8, 4) is 11.3 Å². The normalized spacial score (nSPS) is 10.5. The lowest BCUT2D eigenvalue weighted by atomic mass is 10.1. The molecule has 0 aliphatic rings. The molecule has 2 aromatic rings. The number of aryl methyl sites for hydroxylation is 1. The molecule has 0 amide bonds. The van der Waals surface area contributed by atoms with E-state index in [1.807, 2.05) is 6.92 Å². The molecule has 0 N–H and O–H groups in total. The summed E-state index contributed by atoms with van der Waals surface area (Å²) in [4.78, 5) is 21.3. The highest BCUT2D eigenvalue weighted by atomic mass is 35.5. The summed E-state index contributed by atoms with van der Waals surface area (Å²) >= 11 is 6.05. The van der Waals surface area contributed by atoms with Crippen LogP contribution in [-0.4, -0.2) is 21.0 Å². The Morgan fingerprint density at radius 1 is 1.50 bits per heavy atom. The first kappa shape index (κ1) is 14.2. The lowest BCUT2D eigenvalue weighted by Crippen LogP contribution is -1.97. The molecule has 0 aliphatic carbocycles. The fourth-order valence-electron chi connectivity index (χ4n) is 1.89. The molecule has 20 heavy (non-hydrogen) atoms. The van der Waals surface area contributed by atoms with Gasteiger partial charge in [0.15, 0.2) is 6.29 Å². The maximum Gasteiger partial charge on any atom is 0.270 e. The van der Waals surface area contributed by atoms with Crippen molar-refractivity contribution in [1.82, 2.24) is 9.78 Å². The summed E-state index contributed by atoms with van der Waals surface area (Å²) in [5.41, 5.74) is 1.26. The van der Waals surface area contributed by atoms with Gasteiger partial charge in [-0.15, -0.1) is 0 Å². The summed E-state index contributed by atoms with van der Waals surface area (Å²) in [5, 5.41) is 15.2. The van der Waals surface area contributed by atoms with E-state index in [0.717, 1.165) is 6.42 Å². The zero-order valence-corrected chi connectivity index (χ0v) is 11.5. The van der Waals surface area contributed by atoms with Crippen LogP contribution in [0.4, 0.5) is 5.69 Å². The Bertz CT molecular complexity index is 667. The van der Waals surface area contributed by atoms with Gasteiger partial charge in [-0.1, -0.05) is 18.5 Å². The highest BCUT2D eigenvalue weighted by molar-refractivity contribution is 6.33. The number of aromatic nitrogens is 2. The highest BCUT2D eigenvalue weighted by Gasteiger charge is 2.16. The van der Waals surface area contributed by atoms with E-state index in [1.54, 1.807) is 10.9 Å². The van der Waals surface area contributed by atoms with E-state index in [0.29, 0.717) is 29.7 Å². The molecule has 6 nitrogen and oxygen atoms in total. The van der Waals surface area contributed by atoms with E-state index in [4.69, 9.17) is 11.6 Å². The van der Waals surface area contributed by atoms with Crippen molar-refractivity contribution in [1.29, 1.82) is 0 Å². The molecule has 0 atom stereocenters. The molecule has 0 bridgehead atoms. The molecule has 0 unspecified atom stereocenters. The van der Waals surface area contributed by atoms with Gasteiger partial charge in [0, 0.05) is 30.4 Å². The summed E-state index contributed by atoms with van der Waals surface area (Å²) in [5.74, 6) is 0. The minimum absolute atomic E-state index is 0.0978. The van der Waals surface area contributed by atoms with Gasteiger partial charge in [0.2, 0.25) is 0 Å². The van der Waals surface area contributed by atoms with Gasteiger partial charge in [-0.2, -0.15) is 5.10 Å². The van der Waals surface area contributed by atoms with Gasteiger partial charge in [-0.25, -0.2) is 0 Å². The van der Waals surface area contributed by atoms with Crippen LogP contribution in [0.3, 0.4) is 0 Å². The second-order valence-electron chi connectivity index (χ2n) is 4.24. The standard InChI is InChI=1S/C13H12ClN3O3/c1-2-5-16-7-9(8-18)13(15-16)11-4-3-10(17(19)20)6-12(11)14/h3-4,6-8H,2,5H2,1H3. The van der Waals surface area contributed by atoms with E-state index < -0.39 is 4.92 Å². The molecule has 0 saturated carbocycles. The molecule has 0 fully saturated rings. The Morgan fingerprint density at radius 2 is 2.25 bits per heavy atom. The van der Waals surface area contributed by atoms with Crippen LogP contribution in [-0.2, 0) is 6.54 Å². The van der Waals surface area contributed by atoms with Crippen LogP contribution in [0.1, 0.15) is 23.7 Å². The average molecular weight is 294 g/mol. The molecular weight excluding hydrogens is 282 g/mol. The van der Waals surface area contributed by atoms with Crippen LogP contribution in [0.15, 0.2) is 24.4 Å². The van der Waals surface area contributed by atoms with Crippen molar-refractivity contribution in [3.63, 3.8) is 0 Å². The SMILES string of the molecule is CCCn1cc(C=O)c(-c2ccc([N+](=O)[O-])cc2Cl)n1. The highest BCUT2D eigenvalue weighted by Crippen LogP contribution is 2.31. The number of carbonyl (C=O) groups is 1. The number of aldehydes is 1. The quantitative estimate of drug-likeness (QED) is 0.481. The second-order valence-corrected chi connectivity index (χ2v) is 4.64. The summed E-state index contributed by atoms with van der Waals surface area (Å²) in [7, 11) is 0. The molecule has 0 radical (unpaired) electrons. The van der Waals surface area contributed by atoms with Crippen LogP contribution >= 0.6 is 11.6 Å². The molecule has 104 valence electrons. The van der Waals surface area contributed by atoms with Crippen molar-refractivity contribution >= 4 is 23.6 Å². The summed E-state index contributed by atoms with van der Waals surface area (Å²) < 4.78 is 1.66. The molecule has 0 spiro atoms. The van der Waals surface area contributed by atoms with Gasteiger partial charge < -0.3 is 0 Å². The zero-order chi connectivity index (χ0) is 14.7. The van der Waals surface area contributed by atoms with E-state index in [-0.39, 0.29) is 10.7 Å². The number of nitro benzene ring substituents is 1. The number of hydrogen-bond donors (Lipinski definition) is 0. The fraction of sp³-hybridized carbons (Fsp3) is 0.231. The van der Waals surface area contributed by atoms with Crippen molar-refractivity contribution in [2.24, 2.45) is 0 Å². The number of carbonyl (C=O) groups excluding carboxylic acids is 1. The Kier molecular flexibility index (Phi) is 4.14. The molecule has 1 aromatic heterocycles. The van der Waals surface area contributed by atoms with Crippen LogP contribution in [0.25, 0.3) is 11.3 Å². The minimum atomic E-state index is -0.522. The third-order valence-corrected chi connectivity index (χ3v) is 3.10. The van der Waals surface area contributed by atoms with Gasteiger partial charge in [0.25, 0.3) is 5.69 Å². The van der Waals surface area contributed by atoms with Crippen LogP contribution in [0, 0.1) is 10.1 Å². The van der Waals surface area contributed by atoms with Crippen molar-refractivity contribution < 1.29 is 9.72 Å². The first-order valence-corrected chi connectivity index (χ1v) is 6.41. The molecular formula is C13H12ClN3O3. The van der Waals surface area contributed by atoms with E-state index in [2.05, 4.69) is 5.10 Å². The van der Waals surface area contributed by atoms with E-state index >= 15 is 0 Å². The Labute approximate surface area is 120 Å². The number of non-ortho nitro benzene ring substituents is 1. The fourth-order valence-corrected chi connectivity index (χ4v) is 2.15. The predicted molar refractivity (Wildman–Crippen MR) is 75.0 cm³/mol. The Balaban J connectivity index is 2.50. The number of halogens is 1. The van der Waals surface area contributed by atoms with Gasteiger partial charge in [-0.3, -0.25) is 19.6 Å². The number of rotatable bonds is 5. The van der Waals surface area contributed by atoms with Gasteiger partial charge >= 0.3 is 0 Å². The molecule has 7 heteroatoms. The second kappa shape index (κ2) is 5.83. The number of hydrogen-bond acceptors (Lipinski definition) is 4. The third-order valence-electron chi connectivity index (χ3n) is 2.79. The largest absolute Gasteiger partial charge is 0.298 e. The molecule has 0 saturated heterocycles. The Hall–Kier alpha value is -2.21. The van der Waals surface area contributed by atoms with Gasteiger partial charge in [0.1, 0.15) is 5.69 Å². The van der Waals surface area contributed by atoms with Crippen LogP contribution in [0.5, 0.6) is 0 Å². The first-order valence-electron chi connectivity index (χ1n) is 6.03. The van der Waals surface area contributed by atoms with E-state index in [1.165, 1.54) is 18.2 Å². The molecule has 1 heterocycles. The number of nitrogens with zero attached hydrogens (tertiary/aromatic N) is 3. The summed E-state index contributed by atoms with van der Waals surface area (Å²) in [6.45, 7) is 2.69. The molecule has 1 aromatic carbocycles. The Morgan fingerprint density at radius 3 is 2.80 bits per heavy atom. The summed E-state index contributed by atoms with van der Waals surface area (Å²) in [6.07, 6.45) is 3.23. The maximum atomic E-state index is 11.1. The maximum absolute atomic E-state index is 11.1. The molecule has 0 aliphatic heterocycles. The number of benzene rings is 1. The number of nitro groups is 1. The van der Waals surface area contributed by atoms with Crippen molar-refractivity contribution in [2.45, 2.75) is 19.9 Å². The van der Waals surface area contributed by atoms with Crippen molar-refractivity contribution in [2.75, 3.05) is 0 Å². The van der Waals surface area contributed by atoms with Crippen molar-refractivity contribution in [3.05, 3.63) is 45.1 Å². The van der Waals surface area contributed by atoms with Gasteiger partial charge in [-0.05, 0) is 12.5 Å². The van der Waals surface area contributed by atoms with E-state index in [9.17, 15) is 14.9 Å². The zero-order valence-electron chi connectivity index (χ0n) is 10.7. The minimum Gasteiger partial charge on any atom is -0.298 e. The lowest BCUT2D eigenvalue weighted by Gasteiger charge is -2.02. The topological polar surface area (TPSA) is 78.0 Å². The third kappa shape index (κ3) is 2.70. The summed E-state index contributed by atoms with van der Waals surface area (Å²) in [6, 6.07) is 4.10. The smallest absolute Gasteiger partial charge is 0.270 e. The lowest BCUT2D eigenvalue weighted by molar-refractivity contribution is -0.384. The predicted octanol–water partition coefficient (Wildman–Crippen LogP) is 3.33. The van der Waals surface area contributed by atoms with Crippen LogP contribution in [0.2, 0.25) is 5.02 Å². The average Bonchev–Trinajstić information content (AvgIpc) is 2.81.